The van der Waals surface area contributed by atoms with Crippen LogP contribution in [0.25, 0.3) is 0 Å². The second kappa shape index (κ2) is 5.71. The van der Waals surface area contributed by atoms with E-state index in [4.69, 9.17) is 14.6 Å². The van der Waals surface area contributed by atoms with Gasteiger partial charge in [-0.1, -0.05) is 6.07 Å². The molecular weight excluding hydrogens is 258 g/mol. The minimum atomic E-state index is -0.530. The number of nitrogens with zero attached hydrogens (tertiary/aromatic N) is 1. The summed E-state index contributed by atoms with van der Waals surface area (Å²) in [7, 11) is 0. The number of aliphatic hydroxyl groups excluding tert-OH is 1. The van der Waals surface area contributed by atoms with Crippen LogP contribution in [-0.2, 0) is 11.2 Å². The first-order chi connectivity index (χ1) is 9.40. The average molecular weight is 279 g/mol. The summed E-state index contributed by atoms with van der Waals surface area (Å²) in [6, 6.07) is 5.60. The van der Waals surface area contributed by atoms with Crippen LogP contribution in [-0.4, -0.2) is 36.6 Å². The highest BCUT2D eigenvalue weighted by Gasteiger charge is 2.28. The maximum absolute atomic E-state index is 12.2. The molecule has 0 aliphatic carbocycles. The SMILES string of the molecule is CC(C)(C)OC(=O)N1CCOc2ccc(CCO)cc21. The number of benzene rings is 1. The quantitative estimate of drug-likeness (QED) is 0.903. The Morgan fingerprint density at radius 2 is 2.20 bits per heavy atom. The molecule has 1 heterocycles. The lowest BCUT2D eigenvalue weighted by molar-refractivity contribution is 0.0568. The van der Waals surface area contributed by atoms with E-state index in [1.165, 1.54) is 0 Å². The van der Waals surface area contributed by atoms with Gasteiger partial charge in [-0.25, -0.2) is 4.79 Å². The highest BCUT2D eigenvalue weighted by Crippen LogP contribution is 2.33. The summed E-state index contributed by atoms with van der Waals surface area (Å²) in [5.74, 6) is 0.670. The Hall–Kier alpha value is -1.75. The van der Waals surface area contributed by atoms with Crippen LogP contribution in [0.4, 0.5) is 10.5 Å². The van der Waals surface area contributed by atoms with Crippen LogP contribution < -0.4 is 9.64 Å². The molecule has 0 spiro atoms. The molecule has 5 heteroatoms. The molecule has 0 saturated heterocycles. The molecule has 1 aromatic carbocycles. The number of rotatable bonds is 2. The second-order valence-electron chi connectivity index (χ2n) is 5.76. The lowest BCUT2D eigenvalue weighted by Gasteiger charge is -2.31. The predicted molar refractivity (Wildman–Crippen MR) is 76.3 cm³/mol. The Labute approximate surface area is 119 Å². The number of fused-ring (bicyclic) bond motifs is 1. The Bertz CT molecular complexity index is 493. The molecular formula is C15H21NO4. The smallest absolute Gasteiger partial charge is 0.415 e. The number of hydrogen-bond acceptors (Lipinski definition) is 4. The summed E-state index contributed by atoms with van der Waals surface area (Å²) in [5, 5.41) is 9.02. The van der Waals surface area contributed by atoms with Crippen molar-refractivity contribution in [2.45, 2.75) is 32.8 Å². The fourth-order valence-electron chi connectivity index (χ4n) is 2.05. The summed E-state index contributed by atoms with van der Waals surface area (Å²) < 4.78 is 11.0. The third-order valence-electron chi connectivity index (χ3n) is 2.90. The van der Waals surface area contributed by atoms with Crippen molar-refractivity contribution in [3.63, 3.8) is 0 Å². The van der Waals surface area contributed by atoms with E-state index in [9.17, 15) is 4.79 Å². The molecule has 1 aliphatic heterocycles. The van der Waals surface area contributed by atoms with Gasteiger partial charge in [-0.2, -0.15) is 0 Å². The van der Waals surface area contributed by atoms with Crippen LogP contribution in [0.3, 0.4) is 0 Å². The number of aliphatic hydroxyl groups is 1. The average Bonchev–Trinajstić information content (AvgIpc) is 2.36. The van der Waals surface area contributed by atoms with Crippen molar-refractivity contribution in [3.8, 4) is 5.75 Å². The molecule has 0 radical (unpaired) electrons. The summed E-state index contributed by atoms with van der Waals surface area (Å²) in [6.45, 7) is 6.51. The number of hydrogen-bond donors (Lipinski definition) is 1. The lowest BCUT2D eigenvalue weighted by atomic mass is 10.1. The minimum Gasteiger partial charge on any atom is -0.490 e. The van der Waals surface area contributed by atoms with Crippen LogP contribution in [0, 0.1) is 0 Å². The summed E-state index contributed by atoms with van der Waals surface area (Å²) >= 11 is 0. The molecule has 0 bridgehead atoms. The monoisotopic (exact) mass is 279 g/mol. The topological polar surface area (TPSA) is 59.0 Å². The Morgan fingerprint density at radius 1 is 1.45 bits per heavy atom. The number of ether oxygens (including phenoxy) is 2. The van der Waals surface area contributed by atoms with E-state index in [0.29, 0.717) is 31.0 Å². The molecule has 110 valence electrons. The summed E-state index contributed by atoms with van der Waals surface area (Å²) in [4.78, 5) is 13.8. The molecule has 5 nitrogen and oxygen atoms in total. The largest absolute Gasteiger partial charge is 0.490 e. The van der Waals surface area contributed by atoms with E-state index in [1.54, 1.807) is 4.90 Å². The van der Waals surface area contributed by atoms with Crippen molar-refractivity contribution in [3.05, 3.63) is 23.8 Å². The highest BCUT2D eigenvalue weighted by atomic mass is 16.6. The molecule has 1 N–H and O–H groups in total. The van der Waals surface area contributed by atoms with Crippen LogP contribution in [0.2, 0.25) is 0 Å². The van der Waals surface area contributed by atoms with Crippen LogP contribution >= 0.6 is 0 Å². The second-order valence-corrected chi connectivity index (χ2v) is 5.76. The van der Waals surface area contributed by atoms with Gasteiger partial charge in [0.1, 0.15) is 18.0 Å². The van der Waals surface area contributed by atoms with Crippen molar-refractivity contribution < 1.29 is 19.4 Å². The van der Waals surface area contributed by atoms with Crippen molar-refractivity contribution in [2.24, 2.45) is 0 Å². The van der Waals surface area contributed by atoms with Gasteiger partial charge in [0.05, 0.1) is 12.2 Å². The molecule has 0 atom stereocenters. The Morgan fingerprint density at radius 3 is 2.85 bits per heavy atom. The van der Waals surface area contributed by atoms with E-state index in [-0.39, 0.29) is 12.7 Å². The first-order valence-electron chi connectivity index (χ1n) is 6.78. The van der Waals surface area contributed by atoms with Gasteiger partial charge in [0.25, 0.3) is 0 Å². The predicted octanol–water partition coefficient (Wildman–Crippen LogP) is 2.36. The zero-order valence-corrected chi connectivity index (χ0v) is 12.2. The number of carbonyl (C=O) groups excluding carboxylic acids is 1. The zero-order chi connectivity index (χ0) is 14.8. The van der Waals surface area contributed by atoms with E-state index >= 15 is 0 Å². The maximum atomic E-state index is 12.2. The maximum Gasteiger partial charge on any atom is 0.415 e. The van der Waals surface area contributed by atoms with Gasteiger partial charge in [0.2, 0.25) is 0 Å². The molecule has 0 fully saturated rings. The fourth-order valence-corrected chi connectivity index (χ4v) is 2.05. The fraction of sp³-hybridized carbons (Fsp3) is 0.533. The molecule has 0 saturated carbocycles. The number of anilines is 1. The molecule has 1 aliphatic rings. The molecule has 2 rings (SSSR count). The minimum absolute atomic E-state index is 0.0755. The molecule has 20 heavy (non-hydrogen) atoms. The first kappa shape index (κ1) is 14.7. The highest BCUT2D eigenvalue weighted by molar-refractivity contribution is 5.90. The van der Waals surface area contributed by atoms with Crippen LogP contribution in [0.15, 0.2) is 18.2 Å². The van der Waals surface area contributed by atoms with Crippen molar-refractivity contribution in [1.82, 2.24) is 0 Å². The normalized spacial score (nSPS) is 14.5. The third-order valence-corrected chi connectivity index (χ3v) is 2.90. The Kier molecular flexibility index (Phi) is 4.18. The van der Waals surface area contributed by atoms with E-state index in [1.807, 2.05) is 39.0 Å². The number of amides is 1. The molecule has 0 aromatic heterocycles. The van der Waals surface area contributed by atoms with Crippen molar-refractivity contribution in [1.29, 1.82) is 0 Å². The van der Waals surface area contributed by atoms with E-state index in [0.717, 1.165) is 5.56 Å². The van der Waals surface area contributed by atoms with Crippen LogP contribution in [0.1, 0.15) is 26.3 Å². The van der Waals surface area contributed by atoms with Gasteiger partial charge < -0.3 is 14.6 Å². The zero-order valence-electron chi connectivity index (χ0n) is 12.2. The van der Waals surface area contributed by atoms with Gasteiger partial charge in [-0.05, 0) is 44.9 Å². The summed E-state index contributed by atoms with van der Waals surface area (Å²) in [6.07, 6.45) is 0.179. The lowest BCUT2D eigenvalue weighted by Crippen LogP contribution is -2.41. The first-order valence-corrected chi connectivity index (χ1v) is 6.78. The third kappa shape index (κ3) is 3.42. The molecule has 1 amide bonds. The number of carbonyl (C=O) groups is 1. The molecule has 1 aromatic rings. The van der Waals surface area contributed by atoms with Crippen molar-refractivity contribution >= 4 is 11.8 Å². The summed E-state index contributed by atoms with van der Waals surface area (Å²) in [5.41, 5.74) is 1.14. The molecule has 0 unspecified atom stereocenters. The Balaban J connectivity index is 2.26. The van der Waals surface area contributed by atoms with Gasteiger partial charge in [-0.3, -0.25) is 4.90 Å². The van der Waals surface area contributed by atoms with Gasteiger partial charge in [-0.15, -0.1) is 0 Å². The van der Waals surface area contributed by atoms with Crippen molar-refractivity contribution in [2.75, 3.05) is 24.7 Å². The van der Waals surface area contributed by atoms with Gasteiger partial charge >= 0.3 is 6.09 Å². The van der Waals surface area contributed by atoms with Gasteiger partial charge in [0, 0.05) is 6.61 Å². The van der Waals surface area contributed by atoms with Crippen LogP contribution in [0.5, 0.6) is 5.75 Å². The standard InChI is InChI=1S/C15H21NO4/c1-15(2,3)20-14(18)16-7-9-19-13-5-4-11(6-8-17)10-12(13)16/h4-5,10,17H,6-9H2,1-3H3. The van der Waals surface area contributed by atoms with E-state index in [2.05, 4.69) is 0 Å². The van der Waals surface area contributed by atoms with Gasteiger partial charge in [0.15, 0.2) is 0 Å². The van der Waals surface area contributed by atoms with E-state index < -0.39 is 5.60 Å².